The van der Waals surface area contributed by atoms with E-state index in [1.54, 1.807) is 0 Å². The van der Waals surface area contributed by atoms with Crippen LogP contribution in [0.25, 0.3) is 65.3 Å². The van der Waals surface area contributed by atoms with Gasteiger partial charge in [-0.25, -0.2) is 0 Å². The second-order valence-electron chi connectivity index (χ2n) is 14.2. The number of benzene rings is 8. The van der Waals surface area contributed by atoms with Gasteiger partial charge in [0.15, 0.2) is 0 Å². The Labute approximate surface area is 304 Å². The number of fused-ring (bicyclic) bond motifs is 14. The van der Waals surface area contributed by atoms with Crippen molar-refractivity contribution >= 4 is 78.6 Å². The van der Waals surface area contributed by atoms with Crippen LogP contribution >= 0.6 is 14.3 Å². The normalized spacial score (nSPS) is 14.3. The third-order valence-corrected chi connectivity index (χ3v) is 18.3. The Kier molecular flexibility index (Phi) is 8.89. The van der Waals surface area contributed by atoms with Gasteiger partial charge >= 0.3 is 0 Å². The third-order valence-electron chi connectivity index (χ3n) is 11.0. The summed E-state index contributed by atoms with van der Waals surface area (Å²) in [4.78, 5) is 0. The Morgan fingerprint density at radius 2 is 0.538 bits per heavy atom. The fourth-order valence-corrected chi connectivity index (χ4v) is 14.8. The van der Waals surface area contributed by atoms with Crippen LogP contribution in [0.5, 0.6) is 0 Å². The first-order valence-electron chi connectivity index (χ1n) is 17.5. The average molecular weight is 721 g/mol. The maximum absolute atomic E-state index is 14.2. The molecule has 0 radical (unpaired) electrons. The highest BCUT2D eigenvalue weighted by Gasteiger charge is 2.43. The van der Waals surface area contributed by atoms with Crippen molar-refractivity contribution in [3.8, 4) is 22.3 Å². The maximum atomic E-state index is 14.2. The van der Waals surface area contributed by atoms with Gasteiger partial charge in [-0.1, -0.05) is 149 Å². The van der Waals surface area contributed by atoms with Crippen molar-refractivity contribution in [1.29, 1.82) is 0 Å². The number of hydrogen-bond acceptors (Lipinski definition) is 2. The van der Waals surface area contributed by atoms with Crippen LogP contribution < -0.4 is 21.2 Å². The van der Waals surface area contributed by atoms with Crippen molar-refractivity contribution in [3.05, 3.63) is 146 Å². The molecule has 0 unspecified atom stereocenters. The minimum absolute atomic E-state index is 0. The molecule has 4 N–H and O–H groups in total. The fourth-order valence-electron chi connectivity index (χ4n) is 8.57. The molecule has 0 amide bonds. The fraction of sp³-hybridized carbons (Fsp3) is 0.130. The summed E-state index contributed by atoms with van der Waals surface area (Å²) in [6, 6.07) is 50.7. The molecule has 52 heavy (non-hydrogen) atoms. The molecule has 6 heteroatoms. The van der Waals surface area contributed by atoms with Gasteiger partial charge in [0.2, 0.25) is 0 Å². The minimum Gasteiger partial charge on any atom is -0.412 e. The lowest BCUT2D eigenvalue weighted by Gasteiger charge is -2.19. The largest absolute Gasteiger partial charge is 0.412 e. The van der Waals surface area contributed by atoms with Crippen LogP contribution in [0.2, 0.25) is 0 Å². The summed E-state index contributed by atoms with van der Waals surface area (Å²) in [7, 11) is -5.26. The summed E-state index contributed by atoms with van der Waals surface area (Å²) >= 11 is 0. The van der Waals surface area contributed by atoms with Crippen LogP contribution in [-0.2, 0) is 9.13 Å². The second-order valence-corrected chi connectivity index (χ2v) is 20.9. The lowest BCUT2D eigenvalue weighted by atomic mass is 9.94. The topological polar surface area (TPSA) is 97.1 Å². The summed E-state index contributed by atoms with van der Waals surface area (Å²) in [5.74, 6) is 0. The van der Waals surface area contributed by atoms with Crippen LogP contribution in [0.3, 0.4) is 0 Å². The Morgan fingerprint density at radius 1 is 0.327 bits per heavy atom. The molecule has 0 spiro atoms. The van der Waals surface area contributed by atoms with E-state index in [0.29, 0.717) is 0 Å². The molecule has 8 aromatic rings. The van der Waals surface area contributed by atoms with Crippen molar-refractivity contribution in [1.82, 2.24) is 0 Å². The molecule has 0 saturated carbocycles. The zero-order valence-electron chi connectivity index (χ0n) is 29.7. The molecule has 4 nitrogen and oxygen atoms in total. The lowest BCUT2D eigenvalue weighted by molar-refractivity contribution is 0.581. The van der Waals surface area contributed by atoms with Crippen molar-refractivity contribution in [2.24, 2.45) is 0 Å². The lowest BCUT2D eigenvalue weighted by Crippen LogP contribution is -2.17. The van der Waals surface area contributed by atoms with Crippen LogP contribution in [0.15, 0.2) is 146 Å². The third kappa shape index (κ3) is 4.83. The molecule has 0 aromatic heterocycles. The molecule has 2 aliphatic rings. The van der Waals surface area contributed by atoms with E-state index < -0.39 is 14.3 Å². The predicted octanol–water partition coefficient (Wildman–Crippen LogP) is 9.74. The Balaban J connectivity index is 0.000000156. The highest BCUT2D eigenvalue weighted by molar-refractivity contribution is 7.81. The van der Waals surface area contributed by atoms with E-state index in [0.717, 1.165) is 21.2 Å². The van der Waals surface area contributed by atoms with Gasteiger partial charge in [-0.3, -0.25) is 0 Å². The quantitative estimate of drug-likeness (QED) is 0.166. The monoisotopic (exact) mass is 720 g/mol. The number of rotatable bonds is 2. The van der Waals surface area contributed by atoms with E-state index in [4.69, 9.17) is 0 Å². The van der Waals surface area contributed by atoms with Crippen LogP contribution in [-0.4, -0.2) is 22.3 Å². The highest BCUT2D eigenvalue weighted by Crippen LogP contribution is 2.60. The molecule has 0 saturated heterocycles. The smallest absolute Gasteiger partial charge is 0.146 e. The first-order valence-corrected chi connectivity index (χ1v) is 21.1. The van der Waals surface area contributed by atoms with Gasteiger partial charge in [-0.2, -0.15) is 0 Å². The van der Waals surface area contributed by atoms with E-state index in [1.165, 1.54) is 65.3 Å². The van der Waals surface area contributed by atoms with Crippen LogP contribution in [0.4, 0.5) is 0 Å². The van der Waals surface area contributed by atoms with Crippen LogP contribution in [0.1, 0.15) is 27.7 Å². The standard InChI is InChI=1S/2C23H19OP.2H2O/c2*1-15(2)25(24)20-13-11-16-7-3-5-9-18(16)22(20)23-19-10-6-4-8-17(19)12-14-21(23)25;;/h2*3-15H,1-2H3;2*1H2. The molecule has 0 atom stereocenters. The van der Waals surface area contributed by atoms with Gasteiger partial charge in [-0.05, 0) is 67.4 Å². The summed E-state index contributed by atoms with van der Waals surface area (Å²) in [6.07, 6.45) is 0. The molecule has 0 bridgehead atoms. The second kappa shape index (κ2) is 13.0. The van der Waals surface area contributed by atoms with Gasteiger partial charge in [0.05, 0.1) is 0 Å². The molecular formula is C46H42O4P2. The Bertz CT molecular complexity index is 2430. The Morgan fingerprint density at radius 3 is 0.750 bits per heavy atom. The molecule has 2 aliphatic heterocycles. The van der Waals surface area contributed by atoms with E-state index in [-0.39, 0.29) is 22.3 Å². The van der Waals surface area contributed by atoms with Crippen molar-refractivity contribution < 1.29 is 20.1 Å². The van der Waals surface area contributed by atoms with E-state index >= 15 is 0 Å². The Hall–Kier alpha value is -4.82. The van der Waals surface area contributed by atoms with Crippen molar-refractivity contribution in [3.63, 3.8) is 0 Å². The highest BCUT2D eigenvalue weighted by atomic mass is 31.2. The van der Waals surface area contributed by atoms with E-state index in [2.05, 4.69) is 173 Å². The summed E-state index contributed by atoms with van der Waals surface area (Å²) in [6.45, 7) is 8.35. The SMILES string of the molecule is CC(C)P1(=O)c2ccc3ccccc3c2-c2c1ccc1ccccc21.CC(C)P1(=O)c2ccc3ccccc3c2-c2c1ccc1ccccc21.O.O. The van der Waals surface area contributed by atoms with Gasteiger partial charge in [0.25, 0.3) is 0 Å². The van der Waals surface area contributed by atoms with Gasteiger partial charge in [-0.15, -0.1) is 0 Å². The molecule has 0 aliphatic carbocycles. The van der Waals surface area contributed by atoms with Crippen molar-refractivity contribution in [2.45, 2.75) is 39.0 Å². The zero-order chi connectivity index (χ0) is 34.4. The first kappa shape index (κ1) is 35.6. The summed E-state index contributed by atoms with van der Waals surface area (Å²) < 4.78 is 28.5. The maximum Gasteiger partial charge on any atom is 0.146 e. The number of hydrogen-bond donors (Lipinski definition) is 0. The van der Waals surface area contributed by atoms with Gasteiger partial charge in [0, 0.05) is 54.8 Å². The zero-order valence-corrected chi connectivity index (χ0v) is 31.5. The molecule has 8 aromatic carbocycles. The van der Waals surface area contributed by atoms with Gasteiger partial charge in [0.1, 0.15) is 14.3 Å². The molecule has 260 valence electrons. The molecule has 2 heterocycles. The van der Waals surface area contributed by atoms with Crippen molar-refractivity contribution in [2.75, 3.05) is 0 Å². The summed E-state index contributed by atoms with van der Waals surface area (Å²) in [5, 5.41) is 13.8. The van der Waals surface area contributed by atoms with Crippen LogP contribution in [0, 0.1) is 0 Å². The predicted molar refractivity (Wildman–Crippen MR) is 225 cm³/mol. The molecule has 0 fully saturated rings. The van der Waals surface area contributed by atoms with Gasteiger partial charge < -0.3 is 20.1 Å². The minimum atomic E-state index is -2.63. The van der Waals surface area contributed by atoms with E-state index in [9.17, 15) is 9.13 Å². The average Bonchev–Trinajstić information content (AvgIpc) is 3.59. The first-order chi connectivity index (χ1) is 24.2. The summed E-state index contributed by atoms with van der Waals surface area (Å²) in [5.41, 5.74) is 4.91. The molecule has 10 rings (SSSR count). The molecular weight excluding hydrogens is 678 g/mol. The van der Waals surface area contributed by atoms with E-state index in [1.807, 2.05) is 0 Å².